The molecule has 0 saturated carbocycles. The van der Waals surface area contributed by atoms with Gasteiger partial charge in [0.2, 0.25) is 5.91 Å². The number of carbonyl (C=O) groups is 2. The molecule has 1 aromatic carbocycles. The molecule has 1 aromatic rings. The maximum absolute atomic E-state index is 11.6. The van der Waals surface area contributed by atoms with Gasteiger partial charge in [-0.2, -0.15) is 5.10 Å². The first-order valence-corrected chi connectivity index (χ1v) is 8.51. The van der Waals surface area contributed by atoms with Crippen LogP contribution < -0.4 is 14.8 Å². The van der Waals surface area contributed by atoms with Crippen LogP contribution in [0.5, 0.6) is 11.5 Å². The highest BCUT2D eigenvalue weighted by Gasteiger charge is 2.32. The maximum atomic E-state index is 11.6. The lowest BCUT2D eigenvalue weighted by atomic mass is 10.2. The molecule has 0 radical (unpaired) electrons. The monoisotopic (exact) mass is 385 g/mol. The molecule has 1 saturated heterocycles. The smallest absolute Gasteiger partial charge is 0.305 e. The molecule has 0 bridgehead atoms. The minimum atomic E-state index is -1.05. The number of hydrogen-bond donors (Lipinski definition) is 2. The predicted molar refractivity (Wildman–Crippen MR) is 96.0 cm³/mol. The maximum Gasteiger partial charge on any atom is 0.305 e. The molecule has 2 rings (SSSR count). The molecule has 134 valence electrons. The number of amides is 1. The van der Waals surface area contributed by atoms with Gasteiger partial charge in [0, 0.05) is 5.56 Å². The first-order chi connectivity index (χ1) is 11.9. The average molecular weight is 386 g/mol. The second kappa shape index (κ2) is 8.72. The van der Waals surface area contributed by atoms with Gasteiger partial charge in [0.25, 0.3) is 0 Å². The second-order valence-electron chi connectivity index (χ2n) is 4.81. The van der Waals surface area contributed by atoms with Gasteiger partial charge in [-0.25, -0.2) is 0 Å². The number of benzene rings is 1. The number of rotatable bonds is 7. The Labute approximate surface area is 153 Å². The fraction of sp³-hybridized carbons (Fsp3) is 0.333. The van der Waals surface area contributed by atoms with Crippen molar-refractivity contribution in [1.82, 2.24) is 5.32 Å². The molecule has 0 aliphatic carbocycles. The highest BCUT2D eigenvalue weighted by atomic mass is 35.5. The van der Waals surface area contributed by atoms with Crippen LogP contribution in [0, 0.1) is 0 Å². The summed E-state index contributed by atoms with van der Waals surface area (Å²) in [7, 11) is 1.50. The summed E-state index contributed by atoms with van der Waals surface area (Å²) in [6.07, 6.45) is 1.17. The Morgan fingerprint density at radius 2 is 2.28 bits per heavy atom. The van der Waals surface area contributed by atoms with E-state index in [1.54, 1.807) is 12.1 Å². The quantitative estimate of drug-likeness (QED) is 0.549. The lowest BCUT2D eigenvalue weighted by molar-refractivity contribution is -0.138. The molecule has 1 fully saturated rings. The number of carboxylic acid groups (broad SMARTS) is 1. The van der Waals surface area contributed by atoms with Gasteiger partial charge in [-0.15, -0.1) is 5.10 Å². The topological polar surface area (TPSA) is 110 Å². The van der Waals surface area contributed by atoms with Crippen molar-refractivity contribution < 1.29 is 24.2 Å². The molecule has 0 spiro atoms. The van der Waals surface area contributed by atoms with E-state index in [0.29, 0.717) is 28.7 Å². The summed E-state index contributed by atoms with van der Waals surface area (Å²) < 4.78 is 10.7. The number of carbonyl (C=O) groups excluding carboxylic acids is 1. The van der Waals surface area contributed by atoms with Crippen LogP contribution in [0.3, 0.4) is 0 Å². The fourth-order valence-electron chi connectivity index (χ4n) is 1.99. The van der Waals surface area contributed by atoms with E-state index in [1.165, 1.54) is 13.3 Å². The summed E-state index contributed by atoms with van der Waals surface area (Å²) in [5.74, 6) is -0.528. The highest BCUT2D eigenvalue weighted by molar-refractivity contribution is 8.15. The zero-order chi connectivity index (χ0) is 18.4. The molecule has 1 amide bonds. The number of nitrogens with zero attached hydrogens (tertiary/aromatic N) is 2. The summed E-state index contributed by atoms with van der Waals surface area (Å²) in [6.45, 7) is 2.29. The number of amidine groups is 1. The predicted octanol–water partition coefficient (Wildman–Crippen LogP) is 2.14. The van der Waals surface area contributed by atoms with Gasteiger partial charge in [-0.3, -0.25) is 9.59 Å². The van der Waals surface area contributed by atoms with Crippen molar-refractivity contribution in [3.05, 3.63) is 22.7 Å². The summed E-state index contributed by atoms with van der Waals surface area (Å²) in [5.41, 5.74) is 0.631. The van der Waals surface area contributed by atoms with E-state index < -0.39 is 17.1 Å². The molecular weight excluding hydrogens is 370 g/mol. The summed E-state index contributed by atoms with van der Waals surface area (Å²) in [5, 5.41) is 18.9. The van der Waals surface area contributed by atoms with Crippen molar-refractivity contribution in [2.24, 2.45) is 10.2 Å². The zero-order valence-corrected chi connectivity index (χ0v) is 15.1. The van der Waals surface area contributed by atoms with Gasteiger partial charge in [-0.05, 0) is 19.1 Å². The molecule has 1 unspecified atom stereocenters. The Balaban J connectivity index is 2.11. The van der Waals surface area contributed by atoms with E-state index in [4.69, 9.17) is 26.2 Å². The van der Waals surface area contributed by atoms with E-state index in [1.807, 2.05) is 6.92 Å². The Morgan fingerprint density at radius 3 is 2.92 bits per heavy atom. The van der Waals surface area contributed by atoms with Crippen LogP contribution in [0.25, 0.3) is 0 Å². The van der Waals surface area contributed by atoms with Crippen LogP contribution in [-0.2, 0) is 9.59 Å². The van der Waals surface area contributed by atoms with Gasteiger partial charge in [0.05, 0.1) is 31.4 Å². The first-order valence-electron chi connectivity index (χ1n) is 7.25. The molecule has 10 heteroatoms. The minimum Gasteiger partial charge on any atom is -0.493 e. The number of aliphatic carboxylic acids is 1. The second-order valence-corrected chi connectivity index (χ2v) is 6.41. The molecule has 1 aliphatic heterocycles. The summed E-state index contributed by atoms with van der Waals surface area (Å²) in [6, 6.07) is 3.33. The Kier molecular flexibility index (Phi) is 6.65. The number of thioether (sulfide) groups is 1. The standard InChI is InChI=1S/C15H16ClN3O5S/c1-3-24-13-9(16)4-8(5-10(13)23-2)7-17-19-15-18-14(22)11(25-15)6-12(20)21/h4-5,7,11H,3,6H2,1-2H3,(H,20,21)(H,18,19,22). The number of hydrogen-bond acceptors (Lipinski definition) is 7. The third-order valence-corrected chi connectivity index (χ3v) is 4.39. The third-order valence-electron chi connectivity index (χ3n) is 3.03. The van der Waals surface area contributed by atoms with E-state index >= 15 is 0 Å². The van der Waals surface area contributed by atoms with Crippen LogP contribution >= 0.6 is 23.4 Å². The van der Waals surface area contributed by atoms with Crippen molar-refractivity contribution >= 4 is 46.6 Å². The van der Waals surface area contributed by atoms with Gasteiger partial charge in [0.15, 0.2) is 16.7 Å². The normalized spacial score (nSPS) is 18.6. The van der Waals surface area contributed by atoms with Crippen LogP contribution in [0.2, 0.25) is 5.02 Å². The lowest BCUT2D eigenvalue weighted by Gasteiger charge is -2.11. The molecule has 1 atom stereocenters. The summed E-state index contributed by atoms with van der Waals surface area (Å²) >= 11 is 7.19. The molecule has 25 heavy (non-hydrogen) atoms. The molecule has 1 heterocycles. The lowest BCUT2D eigenvalue weighted by Crippen LogP contribution is -2.26. The average Bonchev–Trinajstić information content (AvgIpc) is 2.88. The molecule has 1 aliphatic rings. The zero-order valence-electron chi connectivity index (χ0n) is 13.5. The minimum absolute atomic E-state index is 0.247. The van der Waals surface area contributed by atoms with Gasteiger partial charge < -0.3 is 19.9 Å². The van der Waals surface area contributed by atoms with E-state index in [0.717, 1.165) is 11.8 Å². The molecule has 0 aromatic heterocycles. The van der Waals surface area contributed by atoms with Crippen LogP contribution in [-0.4, -0.2) is 47.3 Å². The van der Waals surface area contributed by atoms with E-state index in [2.05, 4.69) is 15.5 Å². The van der Waals surface area contributed by atoms with Crippen molar-refractivity contribution in [2.45, 2.75) is 18.6 Å². The Morgan fingerprint density at radius 1 is 1.52 bits per heavy atom. The van der Waals surface area contributed by atoms with Crippen molar-refractivity contribution in [3.63, 3.8) is 0 Å². The number of carboxylic acids is 1. The van der Waals surface area contributed by atoms with Crippen molar-refractivity contribution in [3.8, 4) is 11.5 Å². The largest absolute Gasteiger partial charge is 0.493 e. The molecule has 8 nitrogen and oxygen atoms in total. The molecular formula is C15H16ClN3O5S. The number of methoxy groups -OCH3 is 1. The third kappa shape index (κ3) is 5.10. The van der Waals surface area contributed by atoms with Crippen molar-refractivity contribution in [2.75, 3.05) is 13.7 Å². The number of ether oxygens (including phenoxy) is 2. The molecule has 2 N–H and O–H groups in total. The Bertz CT molecular complexity index is 738. The van der Waals surface area contributed by atoms with Crippen LogP contribution in [0.1, 0.15) is 18.9 Å². The van der Waals surface area contributed by atoms with Gasteiger partial charge in [0.1, 0.15) is 5.25 Å². The SMILES string of the molecule is CCOc1c(Cl)cc(C=N/N=C2\NC(=O)C(CC(=O)O)S2)cc1OC. The van der Waals surface area contributed by atoms with Crippen LogP contribution in [0.15, 0.2) is 22.3 Å². The van der Waals surface area contributed by atoms with Gasteiger partial charge in [-0.1, -0.05) is 23.4 Å². The van der Waals surface area contributed by atoms with Crippen LogP contribution in [0.4, 0.5) is 0 Å². The van der Waals surface area contributed by atoms with Crippen molar-refractivity contribution in [1.29, 1.82) is 0 Å². The summed E-state index contributed by atoms with van der Waals surface area (Å²) in [4.78, 5) is 22.3. The van der Waals surface area contributed by atoms with E-state index in [-0.39, 0.29) is 11.6 Å². The number of nitrogens with one attached hydrogen (secondary N) is 1. The first kappa shape index (κ1) is 19.1. The van der Waals surface area contributed by atoms with Gasteiger partial charge >= 0.3 is 5.97 Å². The highest BCUT2D eigenvalue weighted by Crippen LogP contribution is 2.36. The van der Waals surface area contributed by atoms with E-state index in [9.17, 15) is 9.59 Å². The fourth-order valence-corrected chi connectivity index (χ4v) is 3.18. The number of halogens is 1. The Hall–Kier alpha value is -2.26.